The molecule has 1 amide bonds. The Hall–Kier alpha value is -0.610. The second-order valence-corrected chi connectivity index (χ2v) is 4.30. The van der Waals surface area contributed by atoms with Crippen molar-refractivity contribution in [2.75, 3.05) is 32.8 Å². The molecule has 1 atom stereocenters. The van der Waals surface area contributed by atoms with Crippen LogP contribution in [0.3, 0.4) is 0 Å². The average molecular weight is 228 g/mol. The molecule has 4 heteroatoms. The minimum Gasteiger partial charge on any atom is -0.374 e. The van der Waals surface area contributed by atoms with Gasteiger partial charge in [-0.3, -0.25) is 9.69 Å². The summed E-state index contributed by atoms with van der Waals surface area (Å²) in [4.78, 5) is 13.6. The van der Waals surface area contributed by atoms with E-state index >= 15 is 0 Å². The molecule has 0 unspecified atom stereocenters. The van der Waals surface area contributed by atoms with Crippen LogP contribution in [-0.4, -0.2) is 49.7 Å². The Kier molecular flexibility index (Phi) is 6.42. The number of nitrogens with one attached hydrogen (secondary N) is 1. The van der Waals surface area contributed by atoms with Crippen molar-refractivity contribution in [1.29, 1.82) is 0 Å². The lowest BCUT2D eigenvalue weighted by Gasteiger charge is -2.32. The third-order valence-corrected chi connectivity index (χ3v) is 2.90. The van der Waals surface area contributed by atoms with Crippen molar-refractivity contribution < 1.29 is 9.53 Å². The maximum absolute atomic E-state index is 11.1. The van der Waals surface area contributed by atoms with Crippen molar-refractivity contribution in [3.63, 3.8) is 0 Å². The topological polar surface area (TPSA) is 41.6 Å². The summed E-state index contributed by atoms with van der Waals surface area (Å²) in [6, 6.07) is 0. The van der Waals surface area contributed by atoms with Gasteiger partial charge in [-0.05, 0) is 13.0 Å². The summed E-state index contributed by atoms with van der Waals surface area (Å²) < 4.78 is 5.63. The van der Waals surface area contributed by atoms with E-state index in [1.54, 1.807) is 0 Å². The highest BCUT2D eigenvalue weighted by molar-refractivity contribution is 5.75. The van der Waals surface area contributed by atoms with Crippen LogP contribution in [0.2, 0.25) is 0 Å². The van der Waals surface area contributed by atoms with Gasteiger partial charge in [0.15, 0.2) is 0 Å². The van der Waals surface area contributed by atoms with Crippen molar-refractivity contribution in [3.05, 3.63) is 0 Å². The van der Waals surface area contributed by atoms with E-state index in [1.807, 2.05) is 6.92 Å². The first kappa shape index (κ1) is 13.5. The summed E-state index contributed by atoms with van der Waals surface area (Å²) in [6.45, 7) is 8.63. The van der Waals surface area contributed by atoms with Crippen LogP contribution >= 0.6 is 0 Å². The van der Waals surface area contributed by atoms with E-state index in [9.17, 15) is 4.79 Å². The van der Waals surface area contributed by atoms with E-state index in [1.165, 1.54) is 12.8 Å². The van der Waals surface area contributed by atoms with Gasteiger partial charge in [-0.2, -0.15) is 0 Å². The van der Waals surface area contributed by atoms with E-state index < -0.39 is 0 Å². The predicted molar refractivity (Wildman–Crippen MR) is 64.4 cm³/mol. The van der Waals surface area contributed by atoms with E-state index in [0.29, 0.717) is 13.0 Å². The van der Waals surface area contributed by atoms with Gasteiger partial charge < -0.3 is 10.1 Å². The first-order chi connectivity index (χ1) is 7.76. The lowest BCUT2D eigenvalue weighted by Crippen LogP contribution is -2.47. The zero-order valence-corrected chi connectivity index (χ0v) is 10.5. The van der Waals surface area contributed by atoms with Gasteiger partial charge in [-0.1, -0.05) is 20.3 Å². The monoisotopic (exact) mass is 228 g/mol. The zero-order valence-electron chi connectivity index (χ0n) is 10.5. The van der Waals surface area contributed by atoms with Crippen LogP contribution in [0.4, 0.5) is 0 Å². The van der Waals surface area contributed by atoms with Crippen LogP contribution < -0.4 is 5.32 Å². The van der Waals surface area contributed by atoms with Crippen LogP contribution in [0.5, 0.6) is 0 Å². The lowest BCUT2D eigenvalue weighted by molar-refractivity contribution is -0.122. The van der Waals surface area contributed by atoms with Crippen molar-refractivity contribution in [3.8, 4) is 0 Å². The molecule has 0 aromatic heterocycles. The highest BCUT2D eigenvalue weighted by atomic mass is 16.5. The smallest absolute Gasteiger partial charge is 0.219 e. The molecule has 0 aromatic rings. The summed E-state index contributed by atoms with van der Waals surface area (Å²) in [7, 11) is 0. The van der Waals surface area contributed by atoms with Gasteiger partial charge in [0.05, 0.1) is 12.7 Å². The van der Waals surface area contributed by atoms with E-state index in [0.717, 1.165) is 26.2 Å². The number of unbranched alkanes of at least 4 members (excludes halogenated alkanes) is 1. The van der Waals surface area contributed by atoms with Gasteiger partial charge in [0.1, 0.15) is 0 Å². The van der Waals surface area contributed by atoms with E-state index in [-0.39, 0.29) is 12.0 Å². The molecule has 1 rings (SSSR count). The van der Waals surface area contributed by atoms with Gasteiger partial charge in [-0.15, -0.1) is 0 Å². The molecule has 4 nitrogen and oxygen atoms in total. The summed E-state index contributed by atoms with van der Waals surface area (Å²) in [5.41, 5.74) is 0. The van der Waals surface area contributed by atoms with Gasteiger partial charge in [0.25, 0.3) is 0 Å². The minimum atomic E-state index is 0.106. The van der Waals surface area contributed by atoms with Crippen LogP contribution in [0, 0.1) is 0 Å². The van der Waals surface area contributed by atoms with Gasteiger partial charge in [0, 0.05) is 26.1 Å². The van der Waals surface area contributed by atoms with Crippen LogP contribution in [0.25, 0.3) is 0 Å². The van der Waals surface area contributed by atoms with Crippen molar-refractivity contribution in [2.24, 2.45) is 0 Å². The summed E-state index contributed by atoms with van der Waals surface area (Å²) in [5, 5.41) is 2.89. The third kappa shape index (κ3) is 4.94. The Bertz CT molecular complexity index is 209. The molecular formula is C12H24N2O2. The highest BCUT2D eigenvalue weighted by Crippen LogP contribution is 2.05. The largest absolute Gasteiger partial charge is 0.374 e. The molecule has 1 fully saturated rings. The summed E-state index contributed by atoms with van der Waals surface area (Å²) >= 11 is 0. The molecular weight excluding hydrogens is 204 g/mol. The predicted octanol–water partition coefficient (Wildman–Crippen LogP) is 1.01. The maximum atomic E-state index is 11.1. The Labute approximate surface area is 98.3 Å². The summed E-state index contributed by atoms with van der Waals surface area (Å²) in [6.07, 6.45) is 3.19. The van der Waals surface area contributed by atoms with Crippen molar-refractivity contribution in [2.45, 2.75) is 39.2 Å². The number of ether oxygens (including phenoxy) is 1. The van der Waals surface area contributed by atoms with Gasteiger partial charge in [0.2, 0.25) is 5.91 Å². The Morgan fingerprint density at radius 1 is 1.50 bits per heavy atom. The molecule has 0 saturated carbocycles. The van der Waals surface area contributed by atoms with E-state index in [4.69, 9.17) is 4.74 Å². The van der Waals surface area contributed by atoms with Gasteiger partial charge >= 0.3 is 0 Å². The SMILES string of the molecule is CCCCN1CCO[C@@H](CNC(=O)CC)C1. The molecule has 1 N–H and O–H groups in total. The number of morpholine rings is 1. The van der Waals surface area contributed by atoms with Crippen molar-refractivity contribution in [1.82, 2.24) is 10.2 Å². The second-order valence-electron chi connectivity index (χ2n) is 4.30. The fourth-order valence-electron chi connectivity index (χ4n) is 1.84. The molecule has 0 spiro atoms. The standard InChI is InChI=1S/C12H24N2O2/c1-3-5-6-14-7-8-16-11(10-14)9-13-12(15)4-2/h11H,3-10H2,1-2H3,(H,13,15)/t11-/m0/s1. The number of nitrogens with zero attached hydrogens (tertiary/aromatic N) is 1. The molecule has 0 aromatic carbocycles. The number of hydrogen-bond donors (Lipinski definition) is 1. The number of hydrogen-bond acceptors (Lipinski definition) is 3. The van der Waals surface area contributed by atoms with Gasteiger partial charge in [-0.25, -0.2) is 0 Å². The van der Waals surface area contributed by atoms with Crippen molar-refractivity contribution >= 4 is 5.91 Å². The molecule has 16 heavy (non-hydrogen) atoms. The van der Waals surface area contributed by atoms with Crippen LogP contribution in [-0.2, 0) is 9.53 Å². The first-order valence-corrected chi connectivity index (χ1v) is 6.37. The second kappa shape index (κ2) is 7.63. The maximum Gasteiger partial charge on any atom is 0.219 e. The number of amides is 1. The Balaban J connectivity index is 2.19. The summed E-state index contributed by atoms with van der Waals surface area (Å²) in [5.74, 6) is 0.106. The zero-order chi connectivity index (χ0) is 11.8. The van der Waals surface area contributed by atoms with Crippen LogP contribution in [0.1, 0.15) is 33.1 Å². The fraction of sp³-hybridized carbons (Fsp3) is 0.917. The number of carbonyl (C=O) groups is 1. The first-order valence-electron chi connectivity index (χ1n) is 6.37. The highest BCUT2D eigenvalue weighted by Gasteiger charge is 2.19. The minimum absolute atomic E-state index is 0.106. The lowest BCUT2D eigenvalue weighted by atomic mass is 10.2. The molecule has 94 valence electrons. The molecule has 0 bridgehead atoms. The molecule has 1 heterocycles. The Morgan fingerprint density at radius 3 is 3.00 bits per heavy atom. The average Bonchev–Trinajstić information content (AvgIpc) is 2.34. The number of rotatable bonds is 6. The number of carbonyl (C=O) groups excluding carboxylic acids is 1. The molecule has 1 aliphatic rings. The Morgan fingerprint density at radius 2 is 2.31 bits per heavy atom. The van der Waals surface area contributed by atoms with Crippen LogP contribution in [0.15, 0.2) is 0 Å². The molecule has 1 aliphatic heterocycles. The molecule has 0 radical (unpaired) electrons. The normalized spacial score (nSPS) is 22.0. The fourth-order valence-corrected chi connectivity index (χ4v) is 1.84. The third-order valence-electron chi connectivity index (χ3n) is 2.90. The molecule has 1 saturated heterocycles. The molecule has 0 aliphatic carbocycles. The quantitative estimate of drug-likeness (QED) is 0.738. The van der Waals surface area contributed by atoms with E-state index in [2.05, 4.69) is 17.1 Å².